The Balaban J connectivity index is 2.02. The van der Waals surface area contributed by atoms with Crippen LogP contribution in [-0.2, 0) is 4.79 Å². The summed E-state index contributed by atoms with van der Waals surface area (Å²) in [6.45, 7) is 3.53. The zero-order valence-corrected chi connectivity index (χ0v) is 14.3. The van der Waals surface area contributed by atoms with Gasteiger partial charge in [-0.05, 0) is 55.8 Å². The number of aryl methyl sites for hydroxylation is 1. The SMILES string of the molecule is Cc1cc(OC(C)C(=O)Nc2ccc(Cl)c(Cl)c2)ccc1Cl. The maximum Gasteiger partial charge on any atom is 0.265 e. The largest absolute Gasteiger partial charge is 0.481 e. The number of amides is 1. The zero-order chi connectivity index (χ0) is 16.3. The van der Waals surface area contributed by atoms with Gasteiger partial charge in [-0.15, -0.1) is 0 Å². The Morgan fingerprint density at radius 2 is 1.73 bits per heavy atom. The smallest absolute Gasteiger partial charge is 0.265 e. The van der Waals surface area contributed by atoms with E-state index in [0.29, 0.717) is 26.5 Å². The second-order valence-corrected chi connectivity index (χ2v) is 6.01. The van der Waals surface area contributed by atoms with E-state index in [9.17, 15) is 4.79 Å². The number of carbonyl (C=O) groups is 1. The summed E-state index contributed by atoms with van der Waals surface area (Å²) >= 11 is 17.7. The summed E-state index contributed by atoms with van der Waals surface area (Å²) in [6, 6.07) is 10.1. The summed E-state index contributed by atoms with van der Waals surface area (Å²) < 4.78 is 5.61. The van der Waals surface area contributed by atoms with Gasteiger partial charge >= 0.3 is 0 Å². The Kier molecular flexibility index (Phi) is 5.57. The van der Waals surface area contributed by atoms with Gasteiger partial charge in [0, 0.05) is 10.7 Å². The molecule has 0 bridgehead atoms. The zero-order valence-electron chi connectivity index (χ0n) is 12.0. The van der Waals surface area contributed by atoms with Gasteiger partial charge in [0.2, 0.25) is 0 Å². The highest BCUT2D eigenvalue weighted by atomic mass is 35.5. The van der Waals surface area contributed by atoms with Crippen LogP contribution in [0.5, 0.6) is 5.75 Å². The van der Waals surface area contributed by atoms with Crippen LogP contribution >= 0.6 is 34.8 Å². The minimum atomic E-state index is -0.671. The Bertz CT molecular complexity index is 704. The molecule has 0 saturated heterocycles. The average molecular weight is 359 g/mol. The van der Waals surface area contributed by atoms with E-state index in [1.54, 1.807) is 43.3 Å². The summed E-state index contributed by atoms with van der Waals surface area (Å²) in [4.78, 5) is 12.1. The molecule has 0 aliphatic rings. The van der Waals surface area contributed by atoms with E-state index >= 15 is 0 Å². The van der Waals surface area contributed by atoms with E-state index in [1.165, 1.54) is 0 Å². The van der Waals surface area contributed by atoms with E-state index in [-0.39, 0.29) is 5.91 Å². The predicted molar refractivity (Wildman–Crippen MR) is 91.4 cm³/mol. The highest BCUT2D eigenvalue weighted by Gasteiger charge is 2.15. The molecule has 0 radical (unpaired) electrons. The Labute approximate surface area is 144 Å². The van der Waals surface area contributed by atoms with Crippen molar-refractivity contribution in [2.45, 2.75) is 20.0 Å². The van der Waals surface area contributed by atoms with Gasteiger partial charge in [0.05, 0.1) is 10.0 Å². The van der Waals surface area contributed by atoms with Crippen LogP contribution in [0.1, 0.15) is 12.5 Å². The van der Waals surface area contributed by atoms with E-state index in [4.69, 9.17) is 39.5 Å². The van der Waals surface area contributed by atoms with Gasteiger partial charge in [-0.2, -0.15) is 0 Å². The molecule has 1 unspecified atom stereocenters. The van der Waals surface area contributed by atoms with Crippen LogP contribution in [-0.4, -0.2) is 12.0 Å². The van der Waals surface area contributed by atoms with Gasteiger partial charge < -0.3 is 10.1 Å². The molecule has 2 aromatic carbocycles. The topological polar surface area (TPSA) is 38.3 Å². The monoisotopic (exact) mass is 357 g/mol. The third-order valence-electron chi connectivity index (χ3n) is 3.00. The van der Waals surface area contributed by atoms with Crippen LogP contribution in [0.2, 0.25) is 15.1 Å². The van der Waals surface area contributed by atoms with Gasteiger partial charge in [-0.1, -0.05) is 34.8 Å². The van der Waals surface area contributed by atoms with Crippen molar-refractivity contribution < 1.29 is 9.53 Å². The summed E-state index contributed by atoms with van der Waals surface area (Å²) in [6.07, 6.45) is -0.671. The first-order valence-corrected chi connectivity index (χ1v) is 7.69. The Morgan fingerprint density at radius 3 is 2.36 bits per heavy atom. The highest BCUT2D eigenvalue weighted by Crippen LogP contribution is 2.25. The van der Waals surface area contributed by atoms with Crippen molar-refractivity contribution in [3.8, 4) is 5.75 Å². The van der Waals surface area contributed by atoms with Crippen molar-refractivity contribution in [3.63, 3.8) is 0 Å². The van der Waals surface area contributed by atoms with E-state index < -0.39 is 6.10 Å². The molecule has 3 nitrogen and oxygen atoms in total. The van der Waals surface area contributed by atoms with Gasteiger partial charge in [-0.3, -0.25) is 4.79 Å². The van der Waals surface area contributed by atoms with Crippen molar-refractivity contribution in [3.05, 3.63) is 57.0 Å². The lowest BCUT2D eigenvalue weighted by molar-refractivity contribution is -0.122. The molecule has 2 aromatic rings. The van der Waals surface area contributed by atoms with Crippen molar-refractivity contribution >= 4 is 46.4 Å². The number of carbonyl (C=O) groups excluding carboxylic acids is 1. The summed E-state index contributed by atoms with van der Waals surface area (Å²) in [5, 5.41) is 4.18. The molecular weight excluding hydrogens is 345 g/mol. The number of nitrogens with one attached hydrogen (secondary N) is 1. The molecule has 0 spiro atoms. The molecule has 1 N–H and O–H groups in total. The minimum Gasteiger partial charge on any atom is -0.481 e. The standard InChI is InChI=1S/C16H14Cl3NO2/c1-9-7-12(4-6-13(9)17)22-10(2)16(21)20-11-3-5-14(18)15(19)8-11/h3-8,10H,1-2H3,(H,20,21). The lowest BCUT2D eigenvalue weighted by Gasteiger charge is -2.15. The number of hydrogen-bond acceptors (Lipinski definition) is 2. The second-order valence-electron chi connectivity index (χ2n) is 4.79. The number of ether oxygens (including phenoxy) is 1. The van der Waals surface area contributed by atoms with Crippen LogP contribution in [0.25, 0.3) is 0 Å². The first kappa shape index (κ1) is 16.9. The average Bonchev–Trinajstić information content (AvgIpc) is 2.46. The number of anilines is 1. The van der Waals surface area contributed by atoms with Gasteiger partial charge in [0.1, 0.15) is 5.75 Å². The lowest BCUT2D eigenvalue weighted by Crippen LogP contribution is -2.30. The van der Waals surface area contributed by atoms with Crippen LogP contribution in [0.4, 0.5) is 5.69 Å². The lowest BCUT2D eigenvalue weighted by atomic mass is 10.2. The predicted octanol–water partition coefficient (Wildman–Crippen LogP) is 5.36. The second kappa shape index (κ2) is 7.23. The maximum absolute atomic E-state index is 12.1. The molecule has 0 fully saturated rings. The summed E-state index contributed by atoms with van der Waals surface area (Å²) in [7, 11) is 0. The minimum absolute atomic E-state index is 0.286. The van der Waals surface area contributed by atoms with Crippen molar-refractivity contribution in [2.24, 2.45) is 0 Å². The van der Waals surface area contributed by atoms with Gasteiger partial charge in [0.25, 0.3) is 5.91 Å². The first-order valence-electron chi connectivity index (χ1n) is 6.55. The number of benzene rings is 2. The molecule has 0 aromatic heterocycles. The van der Waals surface area contributed by atoms with Crippen LogP contribution in [0.3, 0.4) is 0 Å². The molecule has 22 heavy (non-hydrogen) atoms. The van der Waals surface area contributed by atoms with Crippen LogP contribution < -0.4 is 10.1 Å². The van der Waals surface area contributed by atoms with E-state index in [2.05, 4.69) is 5.32 Å². The molecular formula is C16H14Cl3NO2. The fraction of sp³-hybridized carbons (Fsp3) is 0.188. The number of hydrogen-bond donors (Lipinski definition) is 1. The maximum atomic E-state index is 12.1. The molecule has 0 aliphatic carbocycles. The molecule has 0 heterocycles. The summed E-state index contributed by atoms with van der Waals surface area (Å²) in [5.74, 6) is 0.296. The molecule has 2 rings (SSSR count). The number of rotatable bonds is 4. The number of halogens is 3. The fourth-order valence-electron chi connectivity index (χ4n) is 1.77. The van der Waals surface area contributed by atoms with Crippen molar-refractivity contribution in [1.29, 1.82) is 0 Å². The highest BCUT2D eigenvalue weighted by molar-refractivity contribution is 6.42. The fourth-order valence-corrected chi connectivity index (χ4v) is 2.18. The van der Waals surface area contributed by atoms with Crippen molar-refractivity contribution in [2.75, 3.05) is 5.32 Å². The van der Waals surface area contributed by atoms with E-state index in [1.807, 2.05) is 6.92 Å². The summed E-state index contributed by atoms with van der Waals surface area (Å²) in [5.41, 5.74) is 1.44. The molecule has 1 atom stereocenters. The molecule has 0 aliphatic heterocycles. The van der Waals surface area contributed by atoms with Crippen molar-refractivity contribution in [1.82, 2.24) is 0 Å². The van der Waals surface area contributed by atoms with E-state index in [0.717, 1.165) is 5.56 Å². The molecule has 116 valence electrons. The Morgan fingerprint density at radius 1 is 1.05 bits per heavy atom. The normalized spacial score (nSPS) is 11.9. The molecule has 1 amide bonds. The van der Waals surface area contributed by atoms with Gasteiger partial charge in [-0.25, -0.2) is 0 Å². The third kappa shape index (κ3) is 4.29. The first-order chi connectivity index (χ1) is 10.4. The molecule has 6 heteroatoms. The van der Waals surface area contributed by atoms with Gasteiger partial charge in [0.15, 0.2) is 6.10 Å². The van der Waals surface area contributed by atoms with Crippen LogP contribution in [0, 0.1) is 6.92 Å². The molecule has 0 saturated carbocycles. The third-order valence-corrected chi connectivity index (χ3v) is 4.16. The quantitative estimate of drug-likeness (QED) is 0.799. The Hall–Kier alpha value is -1.42. The van der Waals surface area contributed by atoms with Crippen LogP contribution in [0.15, 0.2) is 36.4 Å².